The lowest BCUT2D eigenvalue weighted by atomic mass is 9.89. The lowest BCUT2D eigenvalue weighted by Crippen LogP contribution is -2.74. The number of oxime groups is 1. The number of carbonyl (C=O) groups excluding carboxylic acids is 2. The molecule has 2 saturated heterocycles. The van der Waals surface area contributed by atoms with Gasteiger partial charge in [-0.3, -0.25) is 14.4 Å². The van der Waals surface area contributed by atoms with Gasteiger partial charge in [0.2, 0.25) is 5.91 Å². The molecule has 34 heavy (non-hydrogen) atoms. The number of nitrogens with zero attached hydrogens (tertiary/aromatic N) is 5. The van der Waals surface area contributed by atoms with Gasteiger partial charge in [-0.05, 0) is 11.5 Å². The predicted molar refractivity (Wildman–Crippen MR) is 121 cm³/mol. The molecular formula is C16H15F2N7O5S4. The molecule has 18 heteroatoms. The van der Waals surface area contributed by atoms with Gasteiger partial charge in [0.05, 0.1) is 6.20 Å². The van der Waals surface area contributed by atoms with E-state index in [-0.39, 0.29) is 28.9 Å². The molecule has 2 aliphatic rings. The van der Waals surface area contributed by atoms with Crippen molar-refractivity contribution in [2.75, 3.05) is 23.8 Å². The van der Waals surface area contributed by atoms with Crippen molar-refractivity contribution in [3.05, 3.63) is 17.3 Å². The Balaban J connectivity index is 1.43. The molecule has 0 saturated carbocycles. The molecule has 2 fully saturated rings. The number of carboxylic acids is 1. The van der Waals surface area contributed by atoms with Gasteiger partial charge >= 0.3 is 12.6 Å². The fourth-order valence-corrected chi connectivity index (χ4v) is 7.07. The number of hydrogen-bond acceptors (Lipinski definition) is 13. The number of thiazole rings is 1. The molecule has 2 aromatic heterocycles. The van der Waals surface area contributed by atoms with Crippen LogP contribution in [0, 0.1) is 5.41 Å². The standard InChI is InChI=1S/C16H15F2N7O5S4/c17-14(18)30-23-8(6-2-31-15(19)21-6)10(26)22-9-11(27)25-3-16(13(28)29,5-33-12(9)25)4-32-7-1-20-24-34-7/h1-2,9,12,14H,3-5H2,(H2,19,21)(H,22,26)(H,28,29)/t9?,12-,16?/m1/s1. The maximum atomic E-state index is 12.8. The van der Waals surface area contributed by atoms with Crippen molar-refractivity contribution in [1.29, 1.82) is 0 Å². The fraction of sp³-hybridized carbons (Fsp3) is 0.438. The molecule has 2 amide bonds. The number of aromatic nitrogens is 3. The van der Waals surface area contributed by atoms with Gasteiger partial charge in [-0.15, -0.1) is 40.0 Å². The molecule has 2 unspecified atom stereocenters. The maximum Gasteiger partial charge on any atom is 0.407 e. The first-order chi connectivity index (χ1) is 16.2. The van der Waals surface area contributed by atoms with Crippen LogP contribution in [-0.2, 0) is 19.2 Å². The zero-order valence-corrected chi connectivity index (χ0v) is 20.1. The highest BCUT2D eigenvalue weighted by molar-refractivity contribution is 8.01. The second-order valence-electron chi connectivity index (χ2n) is 7.11. The third-order valence-corrected chi connectivity index (χ3v) is 9.31. The summed E-state index contributed by atoms with van der Waals surface area (Å²) in [7, 11) is 0. The van der Waals surface area contributed by atoms with Crippen molar-refractivity contribution < 1.29 is 33.1 Å². The molecule has 0 aliphatic carbocycles. The zero-order chi connectivity index (χ0) is 24.5. The predicted octanol–water partition coefficient (Wildman–Crippen LogP) is 0.783. The van der Waals surface area contributed by atoms with Crippen LogP contribution in [0.15, 0.2) is 20.9 Å². The van der Waals surface area contributed by atoms with E-state index in [2.05, 4.69) is 29.9 Å². The topological polar surface area (TPSA) is 173 Å². The van der Waals surface area contributed by atoms with E-state index in [9.17, 15) is 28.3 Å². The summed E-state index contributed by atoms with van der Waals surface area (Å²) >= 11 is 4.62. The highest BCUT2D eigenvalue weighted by Crippen LogP contribution is 2.44. The Morgan fingerprint density at radius 2 is 2.29 bits per heavy atom. The van der Waals surface area contributed by atoms with Crippen molar-refractivity contribution in [3.63, 3.8) is 0 Å². The van der Waals surface area contributed by atoms with Crippen LogP contribution in [0.25, 0.3) is 0 Å². The van der Waals surface area contributed by atoms with Crippen molar-refractivity contribution in [1.82, 2.24) is 24.8 Å². The van der Waals surface area contributed by atoms with Crippen molar-refractivity contribution in [3.8, 4) is 0 Å². The van der Waals surface area contributed by atoms with Gasteiger partial charge < -0.3 is 25.9 Å². The zero-order valence-electron chi connectivity index (χ0n) is 16.8. The molecule has 182 valence electrons. The lowest BCUT2D eigenvalue weighted by Gasteiger charge is -2.53. The van der Waals surface area contributed by atoms with E-state index in [0.717, 1.165) is 27.1 Å². The Kier molecular flexibility index (Phi) is 7.20. The number of fused-ring (bicyclic) bond motifs is 1. The van der Waals surface area contributed by atoms with E-state index >= 15 is 0 Å². The SMILES string of the molecule is Nc1nc(C(=NOC(F)F)C(=O)NC2C(=O)N3CC(CSc4cnns4)(C(=O)O)CS[C@H]23)cs1. The summed E-state index contributed by atoms with van der Waals surface area (Å²) < 4.78 is 29.4. The molecular weight excluding hydrogens is 536 g/mol. The average molecular weight is 552 g/mol. The van der Waals surface area contributed by atoms with Crippen LogP contribution in [0.5, 0.6) is 0 Å². The van der Waals surface area contributed by atoms with E-state index in [1.165, 1.54) is 40.0 Å². The lowest BCUT2D eigenvalue weighted by molar-refractivity contribution is -0.157. The number of carboxylic acid groups (broad SMARTS) is 1. The van der Waals surface area contributed by atoms with Crippen molar-refractivity contribution in [2.24, 2.45) is 10.6 Å². The molecule has 4 N–H and O–H groups in total. The summed E-state index contributed by atoms with van der Waals surface area (Å²) in [4.78, 5) is 46.7. The number of hydrogen-bond donors (Lipinski definition) is 3. The Hall–Kier alpha value is -2.57. The van der Waals surface area contributed by atoms with Crippen LogP contribution < -0.4 is 11.1 Å². The number of nitrogen functional groups attached to an aromatic ring is 1. The molecule has 0 aromatic carbocycles. The van der Waals surface area contributed by atoms with E-state index in [0.29, 0.717) is 0 Å². The molecule has 4 heterocycles. The van der Waals surface area contributed by atoms with Gasteiger partial charge in [0.25, 0.3) is 5.91 Å². The third kappa shape index (κ3) is 4.93. The second-order valence-corrected chi connectivity index (χ2v) is 11.2. The average Bonchev–Trinajstić information content (AvgIpc) is 3.47. The van der Waals surface area contributed by atoms with Gasteiger partial charge in [0.15, 0.2) is 10.8 Å². The number of nitrogens with one attached hydrogen (secondary N) is 1. The van der Waals surface area contributed by atoms with Crippen molar-refractivity contribution >= 4 is 75.0 Å². The van der Waals surface area contributed by atoms with Gasteiger partial charge in [-0.2, -0.15) is 8.78 Å². The Labute approximate surface area is 206 Å². The van der Waals surface area contributed by atoms with Gasteiger partial charge in [0, 0.05) is 23.4 Å². The number of anilines is 1. The van der Waals surface area contributed by atoms with E-state index in [1.54, 1.807) is 0 Å². The molecule has 12 nitrogen and oxygen atoms in total. The highest BCUT2D eigenvalue weighted by atomic mass is 32.2. The molecule has 3 atom stereocenters. The van der Waals surface area contributed by atoms with Crippen LogP contribution in [0.3, 0.4) is 0 Å². The summed E-state index contributed by atoms with van der Waals surface area (Å²) in [6.45, 7) is -3.31. The number of halogens is 2. The number of aliphatic carboxylic acids is 1. The number of carbonyl (C=O) groups is 3. The fourth-order valence-electron chi connectivity index (χ4n) is 3.24. The van der Waals surface area contributed by atoms with E-state index < -0.39 is 46.9 Å². The van der Waals surface area contributed by atoms with Crippen LogP contribution in [0.2, 0.25) is 0 Å². The maximum absolute atomic E-state index is 12.8. The van der Waals surface area contributed by atoms with Crippen LogP contribution in [0.4, 0.5) is 13.9 Å². The van der Waals surface area contributed by atoms with Crippen LogP contribution in [-0.4, -0.2) is 84.2 Å². The number of alkyl halides is 2. The smallest absolute Gasteiger partial charge is 0.407 e. The third-order valence-electron chi connectivity index (χ3n) is 4.92. The van der Waals surface area contributed by atoms with Gasteiger partial charge in [-0.25, -0.2) is 4.98 Å². The first kappa shape index (κ1) is 24.6. The molecule has 2 aromatic rings. The van der Waals surface area contributed by atoms with E-state index in [1.807, 2.05) is 0 Å². The largest absolute Gasteiger partial charge is 0.481 e. The number of amides is 2. The molecule has 0 spiro atoms. The second kappa shape index (κ2) is 9.96. The summed E-state index contributed by atoms with van der Waals surface area (Å²) in [5.74, 6) is -2.08. The molecule has 4 rings (SSSR count). The molecule has 2 aliphatic heterocycles. The number of β-lactam (4-membered cyclic amide) rings is 1. The Morgan fingerprint density at radius 1 is 1.50 bits per heavy atom. The minimum absolute atomic E-state index is 0.0392. The summed E-state index contributed by atoms with van der Waals surface area (Å²) in [5.41, 5.74) is 3.70. The number of nitrogens with two attached hydrogens (primary N) is 1. The number of thioether (sulfide) groups is 2. The first-order valence-corrected chi connectivity index (χ1v) is 13.0. The minimum atomic E-state index is -3.27. The van der Waals surface area contributed by atoms with Gasteiger partial charge in [-0.1, -0.05) is 9.64 Å². The Morgan fingerprint density at radius 3 is 2.91 bits per heavy atom. The van der Waals surface area contributed by atoms with E-state index in [4.69, 9.17) is 5.73 Å². The Bertz CT molecular complexity index is 1120. The summed E-state index contributed by atoms with van der Waals surface area (Å²) in [6.07, 6.45) is 1.54. The monoisotopic (exact) mass is 551 g/mol. The normalized spacial score (nSPS) is 24.5. The minimum Gasteiger partial charge on any atom is -0.481 e. The quantitative estimate of drug-likeness (QED) is 0.174. The summed E-state index contributed by atoms with van der Waals surface area (Å²) in [6, 6.07) is -0.990. The van der Waals surface area contributed by atoms with Gasteiger partial charge in [0.1, 0.15) is 26.7 Å². The van der Waals surface area contributed by atoms with Crippen molar-refractivity contribution in [2.45, 2.75) is 22.2 Å². The van der Waals surface area contributed by atoms with Crippen LogP contribution >= 0.6 is 46.4 Å². The summed E-state index contributed by atoms with van der Waals surface area (Å²) in [5, 5.41) is 20.1. The molecule has 0 bridgehead atoms. The van der Waals surface area contributed by atoms with Crippen LogP contribution in [0.1, 0.15) is 5.69 Å². The molecule has 0 radical (unpaired) electrons. The number of rotatable bonds is 9. The highest BCUT2D eigenvalue weighted by Gasteiger charge is 2.57. The first-order valence-electron chi connectivity index (χ1n) is 9.30.